The third-order valence-electron chi connectivity index (χ3n) is 4.45. The van der Waals surface area contributed by atoms with Crippen LogP contribution in [0.5, 0.6) is 17.2 Å². The summed E-state index contributed by atoms with van der Waals surface area (Å²) in [6.45, 7) is 0. The first kappa shape index (κ1) is 24.4. The first-order valence-corrected chi connectivity index (χ1v) is 11.0. The van der Waals surface area contributed by atoms with Crippen molar-refractivity contribution in [1.82, 2.24) is 0 Å². The van der Waals surface area contributed by atoms with Crippen molar-refractivity contribution in [2.45, 2.75) is 17.8 Å². The summed E-state index contributed by atoms with van der Waals surface area (Å²) >= 11 is 0. The zero-order valence-electron chi connectivity index (χ0n) is 16.8. The van der Waals surface area contributed by atoms with Crippen molar-refractivity contribution >= 4 is 10.1 Å². The molecule has 11 heteroatoms. The molecule has 0 atom stereocenters. The molecule has 33 heavy (non-hydrogen) atoms. The highest BCUT2D eigenvalue weighted by Gasteiger charge is 2.72. The van der Waals surface area contributed by atoms with Crippen LogP contribution in [0.15, 0.2) is 78.9 Å². The standard InChI is InChI=1S/C22H16F6O4S/c1-33(29,30)32-19-13-9-16(10-14-19)21(25,26)22(27,28)20(23,24)15-7-11-18(12-8-15)31-17-5-3-2-4-6-17/h2-14H,1H3. The lowest BCUT2D eigenvalue weighted by atomic mass is 9.93. The van der Waals surface area contributed by atoms with Crippen molar-refractivity contribution in [3.8, 4) is 17.2 Å². The Bertz CT molecular complexity index is 1200. The van der Waals surface area contributed by atoms with E-state index in [9.17, 15) is 34.8 Å². The second-order valence-electron chi connectivity index (χ2n) is 6.97. The Morgan fingerprint density at radius 1 is 0.606 bits per heavy atom. The lowest BCUT2D eigenvalue weighted by molar-refractivity contribution is -0.321. The monoisotopic (exact) mass is 490 g/mol. The largest absolute Gasteiger partial charge is 0.457 e. The molecule has 0 unspecified atom stereocenters. The van der Waals surface area contributed by atoms with Crippen LogP contribution in [-0.4, -0.2) is 20.6 Å². The van der Waals surface area contributed by atoms with Gasteiger partial charge in [0.15, 0.2) is 0 Å². The first-order valence-electron chi connectivity index (χ1n) is 9.21. The summed E-state index contributed by atoms with van der Waals surface area (Å²) in [5, 5.41) is 0. The summed E-state index contributed by atoms with van der Waals surface area (Å²) in [5.74, 6) is -16.4. The van der Waals surface area contributed by atoms with Gasteiger partial charge in [-0.1, -0.05) is 18.2 Å². The van der Waals surface area contributed by atoms with Gasteiger partial charge in [-0.05, 0) is 60.7 Å². The molecule has 0 saturated heterocycles. The molecule has 0 saturated carbocycles. The molecule has 3 aromatic rings. The van der Waals surface area contributed by atoms with Gasteiger partial charge in [0.05, 0.1) is 6.26 Å². The SMILES string of the molecule is CS(=O)(=O)Oc1ccc(C(F)(F)C(F)(F)C(F)(F)c2ccc(Oc3ccccc3)cc2)cc1. The normalized spacial score (nSPS) is 12.9. The van der Waals surface area contributed by atoms with E-state index in [1.165, 1.54) is 0 Å². The number of ether oxygens (including phenoxy) is 1. The van der Waals surface area contributed by atoms with Crippen LogP contribution < -0.4 is 8.92 Å². The molecule has 4 nitrogen and oxygen atoms in total. The minimum absolute atomic E-state index is 0.0392. The molecule has 0 aliphatic heterocycles. The zero-order valence-corrected chi connectivity index (χ0v) is 17.6. The Kier molecular flexibility index (Phi) is 6.38. The predicted octanol–water partition coefficient (Wildman–Crippen LogP) is 6.34. The summed E-state index contributed by atoms with van der Waals surface area (Å²) < 4.78 is 119. The lowest BCUT2D eigenvalue weighted by Crippen LogP contribution is -2.50. The Morgan fingerprint density at radius 2 is 1.00 bits per heavy atom. The highest BCUT2D eigenvalue weighted by molar-refractivity contribution is 7.86. The predicted molar refractivity (Wildman–Crippen MR) is 108 cm³/mol. The fourth-order valence-electron chi connectivity index (χ4n) is 2.81. The molecule has 0 bridgehead atoms. The number of alkyl halides is 6. The average molecular weight is 490 g/mol. The molecule has 0 N–H and O–H groups in total. The van der Waals surface area contributed by atoms with Crippen molar-refractivity contribution < 1.29 is 43.7 Å². The van der Waals surface area contributed by atoms with Crippen LogP contribution >= 0.6 is 0 Å². The second-order valence-corrected chi connectivity index (χ2v) is 8.55. The minimum atomic E-state index is -5.83. The van der Waals surface area contributed by atoms with E-state index in [0.717, 1.165) is 12.1 Å². The molecule has 0 spiro atoms. The van der Waals surface area contributed by atoms with Crippen molar-refractivity contribution in [2.75, 3.05) is 6.26 Å². The third-order valence-corrected chi connectivity index (χ3v) is 4.94. The fourth-order valence-corrected chi connectivity index (χ4v) is 3.27. The van der Waals surface area contributed by atoms with E-state index >= 15 is 0 Å². The van der Waals surface area contributed by atoms with Gasteiger partial charge in [-0.2, -0.15) is 34.8 Å². The molecule has 3 aromatic carbocycles. The molecule has 0 aliphatic rings. The number of benzene rings is 3. The fraction of sp³-hybridized carbons (Fsp3) is 0.182. The Balaban J connectivity index is 1.86. The quantitative estimate of drug-likeness (QED) is 0.273. The number of para-hydroxylation sites is 1. The highest BCUT2D eigenvalue weighted by Crippen LogP contribution is 2.55. The van der Waals surface area contributed by atoms with Crippen LogP contribution in [0.1, 0.15) is 11.1 Å². The number of hydrogen-bond acceptors (Lipinski definition) is 4. The molecule has 0 heterocycles. The van der Waals surface area contributed by atoms with Gasteiger partial charge in [-0.15, -0.1) is 0 Å². The van der Waals surface area contributed by atoms with Crippen molar-refractivity contribution in [3.05, 3.63) is 90.0 Å². The van der Waals surface area contributed by atoms with E-state index in [-0.39, 0.29) is 5.75 Å². The van der Waals surface area contributed by atoms with Crippen LogP contribution in [0.3, 0.4) is 0 Å². The maximum Gasteiger partial charge on any atom is 0.380 e. The molecule has 0 radical (unpaired) electrons. The number of hydrogen-bond donors (Lipinski definition) is 0. The van der Waals surface area contributed by atoms with Crippen LogP contribution in [0.2, 0.25) is 0 Å². The number of halogens is 6. The van der Waals surface area contributed by atoms with Crippen molar-refractivity contribution in [3.63, 3.8) is 0 Å². The first-order chi connectivity index (χ1) is 15.2. The third kappa shape index (κ3) is 5.08. The summed E-state index contributed by atoms with van der Waals surface area (Å²) in [6, 6.07) is 13.3. The molecular weight excluding hydrogens is 474 g/mol. The second kappa shape index (κ2) is 8.62. The molecule has 0 aliphatic carbocycles. The van der Waals surface area contributed by atoms with E-state index in [2.05, 4.69) is 4.18 Å². The summed E-state index contributed by atoms with van der Waals surface area (Å²) in [7, 11) is -4.00. The van der Waals surface area contributed by atoms with E-state index in [1.807, 2.05) is 0 Å². The van der Waals surface area contributed by atoms with Crippen molar-refractivity contribution in [1.29, 1.82) is 0 Å². The summed E-state index contributed by atoms with van der Waals surface area (Å²) in [5.41, 5.74) is -2.79. The topological polar surface area (TPSA) is 52.6 Å². The average Bonchev–Trinajstić information content (AvgIpc) is 2.74. The van der Waals surface area contributed by atoms with Crippen LogP contribution in [0.4, 0.5) is 26.3 Å². The smallest absolute Gasteiger partial charge is 0.380 e. The molecule has 3 rings (SSSR count). The Morgan fingerprint density at radius 3 is 1.42 bits per heavy atom. The molecule has 0 aromatic heterocycles. The maximum atomic E-state index is 14.6. The van der Waals surface area contributed by atoms with E-state index < -0.39 is 44.8 Å². The van der Waals surface area contributed by atoms with Crippen LogP contribution in [0, 0.1) is 0 Å². The number of rotatable bonds is 8. The molecule has 0 fully saturated rings. The van der Waals surface area contributed by atoms with Gasteiger partial charge in [0, 0.05) is 11.1 Å². The Labute approximate surface area is 185 Å². The van der Waals surface area contributed by atoms with Gasteiger partial charge in [-0.3, -0.25) is 0 Å². The van der Waals surface area contributed by atoms with Gasteiger partial charge in [-0.25, -0.2) is 0 Å². The lowest BCUT2D eigenvalue weighted by Gasteiger charge is -2.33. The van der Waals surface area contributed by atoms with Gasteiger partial charge in [0.1, 0.15) is 17.2 Å². The van der Waals surface area contributed by atoms with Crippen LogP contribution in [-0.2, 0) is 22.0 Å². The van der Waals surface area contributed by atoms with Gasteiger partial charge in [0.2, 0.25) is 0 Å². The van der Waals surface area contributed by atoms with E-state index in [4.69, 9.17) is 4.74 Å². The summed E-state index contributed by atoms with van der Waals surface area (Å²) in [6.07, 6.45) is 0.681. The van der Waals surface area contributed by atoms with Gasteiger partial charge < -0.3 is 8.92 Å². The summed E-state index contributed by atoms with van der Waals surface area (Å²) in [4.78, 5) is 0. The Hall–Kier alpha value is -3.21. The molecule has 176 valence electrons. The maximum absolute atomic E-state index is 14.6. The van der Waals surface area contributed by atoms with Crippen LogP contribution in [0.25, 0.3) is 0 Å². The zero-order chi connectivity index (χ0) is 24.5. The van der Waals surface area contributed by atoms with Gasteiger partial charge in [0.25, 0.3) is 0 Å². The molecular formula is C22H16F6O4S. The minimum Gasteiger partial charge on any atom is -0.457 e. The van der Waals surface area contributed by atoms with Crippen molar-refractivity contribution in [2.24, 2.45) is 0 Å². The van der Waals surface area contributed by atoms with E-state index in [0.29, 0.717) is 48.4 Å². The molecule has 0 amide bonds. The van der Waals surface area contributed by atoms with E-state index in [1.54, 1.807) is 30.3 Å². The van der Waals surface area contributed by atoms with Gasteiger partial charge >= 0.3 is 27.9 Å². The highest BCUT2D eigenvalue weighted by atomic mass is 32.2.